The van der Waals surface area contributed by atoms with E-state index in [0.717, 1.165) is 23.7 Å². The first-order valence-corrected chi connectivity index (χ1v) is 9.25. The Hall–Kier alpha value is -0.440. The number of amides is 1. The van der Waals surface area contributed by atoms with Gasteiger partial charge in [-0.05, 0) is 10.8 Å². The lowest BCUT2D eigenvalue weighted by Gasteiger charge is -2.11. The van der Waals surface area contributed by atoms with Crippen molar-refractivity contribution in [1.82, 2.24) is 15.5 Å². The first kappa shape index (κ1) is 20.6. The van der Waals surface area contributed by atoms with Crippen LogP contribution in [0.5, 0.6) is 0 Å². The summed E-state index contributed by atoms with van der Waals surface area (Å²) in [5, 5.41) is 10.6. The molecule has 1 heterocycles. The second kappa shape index (κ2) is 12.1. The number of hydrogen-bond acceptors (Lipinski definition) is 6. The lowest BCUT2D eigenvalue weighted by atomic mass is 10.2. The fourth-order valence-electron chi connectivity index (χ4n) is 1.09. The molecule has 0 radical (unpaired) electrons. The fraction of sp³-hybridized carbons (Fsp3) is 0.769. The second-order valence-corrected chi connectivity index (χ2v) is 8.08. The molecule has 8 heteroatoms. The van der Waals surface area contributed by atoms with Crippen molar-refractivity contribution in [3.05, 3.63) is 0 Å². The highest BCUT2D eigenvalue weighted by Gasteiger charge is 2.12. The van der Waals surface area contributed by atoms with E-state index in [0.29, 0.717) is 10.1 Å². The molecule has 0 fully saturated rings. The minimum atomic E-state index is -0.0191. The van der Waals surface area contributed by atoms with E-state index >= 15 is 0 Å². The molecule has 1 aromatic heterocycles. The molecule has 1 amide bonds. The number of nitrogens with zero attached hydrogens (tertiary/aromatic N) is 2. The van der Waals surface area contributed by atoms with Gasteiger partial charge in [-0.2, -0.15) is 10.2 Å². The molecule has 21 heavy (non-hydrogen) atoms. The molecule has 2 N–H and O–H groups in total. The first-order valence-electron chi connectivity index (χ1n) is 7.04. The predicted octanol–water partition coefficient (Wildman–Crippen LogP) is 0.849. The van der Waals surface area contributed by atoms with E-state index in [9.17, 15) is 4.79 Å². The summed E-state index contributed by atoms with van der Waals surface area (Å²) in [6, 6.07) is 0. The zero-order chi connectivity index (χ0) is 16.3. The summed E-state index contributed by atoms with van der Waals surface area (Å²) in [6.07, 6.45) is 2.12. The number of quaternary nitrogens is 1. The molecule has 1 atom stereocenters. The van der Waals surface area contributed by atoms with Gasteiger partial charge in [-0.25, -0.2) is 0 Å². The first-order chi connectivity index (χ1) is 9.86. The summed E-state index contributed by atoms with van der Waals surface area (Å²) in [6.45, 7) is 4.79. The Morgan fingerprint density at radius 1 is 1.43 bits per heavy atom. The molecule has 0 aromatic carbocycles. The van der Waals surface area contributed by atoms with Crippen molar-refractivity contribution < 1.29 is 9.69 Å². The maximum Gasteiger partial charge on any atom is 0.223 e. The minimum Gasteiger partial charge on any atom is -0.406 e. The average Bonchev–Trinajstić information content (AvgIpc) is 2.81. The molecule has 1 aromatic rings. The minimum absolute atomic E-state index is 0.0191. The number of carbonyl (C=O) groups is 1. The molecule has 0 aliphatic heterocycles. The molecule has 1 unspecified atom stereocenters. The summed E-state index contributed by atoms with van der Waals surface area (Å²) in [5.74, 6) is 0.797. The Morgan fingerprint density at radius 2 is 2.05 bits per heavy atom. The monoisotopic (exact) mass is 350 g/mol. The summed E-state index contributed by atoms with van der Waals surface area (Å²) >= 11 is 7.81. The van der Waals surface area contributed by atoms with Crippen molar-refractivity contribution in [3.8, 4) is 0 Å². The van der Waals surface area contributed by atoms with E-state index in [4.69, 9.17) is 12.6 Å². The average molecular weight is 351 g/mol. The van der Waals surface area contributed by atoms with E-state index in [1.54, 1.807) is 0 Å². The maximum absolute atomic E-state index is 11.7. The standard InChI is InChI=1S/C10H17N3OS3.C3H9N/c1-3-4-5-11-8(14)7(2)6-16-10-13-12-9(15)17-10;1-4(2)3/h7H,3-6H2,1-2H3,(H,11,14)(H,12,15);1-3H3. The number of unbranched alkanes of at least 4 members (excludes halogenated alkanes) is 1. The summed E-state index contributed by atoms with van der Waals surface area (Å²) in [4.78, 5) is 13.1. The Bertz CT molecular complexity index is 396. The van der Waals surface area contributed by atoms with Gasteiger partial charge in [0.25, 0.3) is 0 Å². The van der Waals surface area contributed by atoms with Gasteiger partial charge in [0.1, 0.15) is 0 Å². The van der Waals surface area contributed by atoms with E-state index in [-0.39, 0.29) is 11.8 Å². The van der Waals surface area contributed by atoms with Gasteiger partial charge in [-0.3, -0.25) is 4.79 Å². The van der Waals surface area contributed by atoms with Crippen LogP contribution in [-0.4, -0.2) is 49.5 Å². The van der Waals surface area contributed by atoms with E-state index in [1.165, 1.54) is 28.0 Å². The van der Waals surface area contributed by atoms with Crippen LogP contribution in [-0.2, 0) is 17.4 Å². The Kier molecular flexibility index (Phi) is 11.9. The van der Waals surface area contributed by atoms with Gasteiger partial charge < -0.3 is 34.2 Å². The SMILES string of the molecule is CCCCNC(=O)C(C)CSc1nnc([S-])s1.C[NH+](C)C. The van der Waals surface area contributed by atoms with Crippen LogP contribution in [0.15, 0.2) is 8.68 Å². The molecule has 0 aliphatic rings. The van der Waals surface area contributed by atoms with Gasteiger partial charge in [0.15, 0.2) is 0 Å². The van der Waals surface area contributed by atoms with Gasteiger partial charge in [0.2, 0.25) is 5.91 Å². The number of aromatic nitrogens is 2. The van der Waals surface area contributed by atoms with E-state index in [2.05, 4.69) is 43.6 Å². The topological polar surface area (TPSA) is 59.3 Å². The van der Waals surface area contributed by atoms with Crippen LogP contribution in [0.3, 0.4) is 0 Å². The largest absolute Gasteiger partial charge is 0.406 e. The third-order valence-corrected chi connectivity index (χ3v) is 4.56. The summed E-state index contributed by atoms with van der Waals surface area (Å²) in [5.41, 5.74) is 0. The van der Waals surface area contributed by atoms with Crippen molar-refractivity contribution in [3.63, 3.8) is 0 Å². The molecule has 0 bridgehead atoms. The fourth-order valence-corrected chi connectivity index (χ4v) is 3.16. The molecular weight excluding hydrogens is 324 g/mol. The van der Waals surface area contributed by atoms with E-state index in [1.807, 2.05) is 6.92 Å². The molecule has 5 nitrogen and oxygen atoms in total. The number of nitrogens with one attached hydrogen (secondary N) is 2. The van der Waals surface area contributed by atoms with Crippen molar-refractivity contribution in [2.24, 2.45) is 5.92 Å². The van der Waals surface area contributed by atoms with Crippen molar-refractivity contribution in [1.29, 1.82) is 0 Å². The normalized spacial score (nSPS) is 11.7. The van der Waals surface area contributed by atoms with Crippen LogP contribution in [0.25, 0.3) is 0 Å². The van der Waals surface area contributed by atoms with Crippen molar-refractivity contribution >= 4 is 41.6 Å². The Morgan fingerprint density at radius 3 is 2.52 bits per heavy atom. The van der Waals surface area contributed by atoms with Gasteiger partial charge in [0.05, 0.1) is 25.5 Å². The number of hydrogen-bond donors (Lipinski definition) is 2. The van der Waals surface area contributed by atoms with Crippen molar-refractivity contribution in [2.45, 2.75) is 35.4 Å². The smallest absolute Gasteiger partial charge is 0.223 e. The number of rotatable bonds is 7. The van der Waals surface area contributed by atoms with Gasteiger partial charge >= 0.3 is 0 Å². The van der Waals surface area contributed by atoms with Crippen LogP contribution < -0.4 is 10.2 Å². The number of carbonyl (C=O) groups excluding carboxylic acids is 1. The molecule has 1 rings (SSSR count). The van der Waals surface area contributed by atoms with Crippen LogP contribution in [0.2, 0.25) is 0 Å². The van der Waals surface area contributed by atoms with Crippen LogP contribution >= 0.6 is 23.1 Å². The van der Waals surface area contributed by atoms with Crippen LogP contribution in [0, 0.1) is 5.92 Å². The highest BCUT2D eigenvalue weighted by Crippen LogP contribution is 2.24. The zero-order valence-corrected chi connectivity index (χ0v) is 15.9. The molecular formula is C13H26N4OS3. The van der Waals surface area contributed by atoms with Gasteiger partial charge in [-0.1, -0.05) is 20.3 Å². The quantitative estimate of drug-likeness (QED) is 0.434. The van der Waals surface area contributed by atoms with E-state index < -0.39 is 0 Å². The highest BCUT2D eigenvalue weighted by atomic mass is 32.2. The van der Waals surface area contributed by atoms with Crippen molar-refractivity contribution in [2.75, 3.05) is 33.4 Å². The third kappa shape index (κ3) is 11.9. The molecule has 0 spiro atoms. The Balaban J connectivity index is 0.000000885. The van der Waals surface area contributed by atoms with Crippen LogP contribution in [0.4, 0.5) is 0 Å². The maximum atomic E-state index is 11.7. The van der Waals surface area contributed by atoms with Gasteiger partial charge in [0, 0.05) is 18.2 Å². The predicted molar refractivity (Wildman–Crippen MR) is 92.1 cm³/mol. The lowest BCUT2D eigenvalue weighted by Crippen LogP contribution is -3.02. The molecule has 0 saturated heterocycles. The second-order valence-electron chi connectivity index (χ2n) is 5.19. The van der Waals surface area contributed by atoms with Gasteiger partial charge in [-0.15, -0.1) is 11.8 Å². The molecule has 122 valence electrons. The van der Waals surface area contributed by atoms with Crippen LogP contribution in [0.1, 0.15) is 26.7 Å². The Labute approximate surface area is 141 Å². The zero-order valence-electron chi connectivity index (χ0n) is 13.4. The lowest BCUT2D eigenvalue weighted by molar-refractivity contribution is -0.836. The summed E-state index contributed by atoms with van der Waals surface area (Å²) < 4.78 is 1.38. The highest BCUT2D eigenvalue weighted by molar-refractivity contribution is 8.01. The summed E-state index contributed by atoms with van der Waals surface area (Å²) in [7, 11) is 6.25. The molecule has 0 aliphatic carbocycles. The molecule has 0 saturated carbocycles. The third-order valence-electron chi connectivity index (χ3n) is 2.12. The number of thioether (sulfide) groups is 1.